The summed E-state index contributed by atoms with van der Waals surface area (Å²) < 4.78 is 1.30. The van der Waals surface area contributed by atoms with Crippen LogP contribution in [0.5, 0.6) is 0 Å². The first-order chi connectivity index (χ1) is 13.9. The van der Waals surface area contributed by atoms with Gasteiger partial charge in [-0.05, 0) is 50.1 Å². The maximum absolute atomic E-state index is 12.9. The predicted octanol–water partition coefficient (Wildman–Crippen LogP) is 4.87. The molecule has 0 unspecified atom stereocenters. The van der Waals surface area contributed by atoms with Gasteiger partial charge >= 0.3 is 0 Å². The van der Waals surface area contributed by atoms with Crippen molar-refractivity contribution in [2.45, 2.75) is 34.5 Å². The van der Waals surface area contributed by atoms with E-state index < -0.39 is 5.91 Å². The largest absolute Gasteiger partial charge is 0.280 e. The summed E-state index contributed by atoms with van der Waals surface area (Å²) in [5, 5.41) is 0.118. The number of halogens is 1. The molecule has 2 aromatic heterocycles. The van der Waals surface area contributed by atoms with Crippen molar-refractivity contribution in [2.24, 2.45) is 0 Å². The van der Waals surface area contributed by atoms with Gasteiger partial charge in [-0.1, -0.05) is 11.6 Å². The molecule has 1 saturated heterocycles. The van der Waals surface area contributed by atoms with E-state index in [4.69, 9.17) is 11.6 Å². The van der Waals surface area contributed by atoms with Gasteiger partial charge in [-0.3, -0.25) is 20.4 Å². The van der Waals surface area contributed by atoms with Crippen LogP contribution in [0.2, 0.25) is 5.15 Å². The van der Waals surface area contributed by atoms with Crippen molar-refractivity contribution >= 4 is 70.0 Å². The van der Waals surface area contributed by atoms with Gasteiger partial charge in [0.05, 0.1) is 18.7 Å². The van der Waals surface area contributed by atoms with E-state index in [-0.39, 0.29) is 20.7 Å². The Hall–Kier alpha value is -0.870. The molecule has 3 heterocycles. The Labute approximate surface area is 191 Å². The third-order valence-corrected chi connectivity index (χ3v) is 11.1. The van der Waals surface area contributed by atoms with E-state index in [2.05, 4.69) is 22.1 Å². The van der Waals surface area contributed by atoms with Gasteiger partial charge in [-0.2, -0.15) is 0 Å². The fraction of sp³-hybridized carbons (Fsp3) is 0.421. The maximum atomic E-state index is 12.9. The Morgan fingerprint density at radius 2 is 1.93 bits per heavy atom. The van der Waals surface area contributed by atoms with Gasteiger partial charge in [-0.15, -0.1) is 46.6 Å². The zero-order valence-corrected chi connectivity index (χ0v) is 20.0. The molecule has 0 aromatic carbocycles. The number of aryl methyl sites for hydroxylation is 1. The van der Waals surface area contributed by atoms with E-state index in [1.165, 1.54) is 21.1 Å². The van der Waals surface area contributed by atoms with Crippen LogP contribution in [-0.2, 0) is 10.5 Å². The quantitative estimate of drug-likeness (QED) is 0.367. The van der Waals surface area contributed by atoms with Crippen molar-refractivity contribution in [3.05, 3.63) is 44.5 Å². The monoisotopic (exact) mass is 485 g/mol. The molecule has 10 heteroatoms. The fourth-order valence-corrected chi connectivity index (χ4v) is 9.85. The molecule has 5 nitrogen and oxygen atoms in total. The summed E-state index contributed by atoms with van der Waals surface area (Å²) in [6.45, 7) is 1.80. The number of amides is 2. The van der Waals surface area contributed by atoms with Gasteiger partial charge in [0, 0.05) is 22.8 Å². The van der Waals surface area contributed by atoms with Gasteiger partial charge in [0.25, 0.3) is 11.8 Å². The third-order valence-electron chi connectivity index (χ3n) is 4.96. The number of carbonyl (C=O) groups is 2. The lowest BCUT2D eigenvalue weighted by atomic mass is 9.92. The molecule has 4 rings (SSSR count). The van der Waals surface area contributed by atoms with Crippen LogP contribution in [0.15, 0.2) is 16.3 Å². The molecular formula is C19H20ClN3O2S4. The van der Waals surface area contributed by atoms with Crippen LogP contribution in [0.25, 0.3) is 0 Å². The normalized spacial score (nSPS) is 17.2. The lowest BCUT2D eigenvalue weighted by Crippen LogP contribution is -2.42. The number of rotatable bonds is 3. The SMILES string of the molecule is CSc1sc(C(=O)NNC(=O)c2ccc(C)nc2Cl)c2c1C1(CCC2)SCCS1. The number of thiophene rings is 1. The number of nitrogens with one attached hydrogen (secondary N) is 2. The lowest BCUT2D eigenvalue weighted by Gasteiger charge is -2.33. The first-order valence-electron chi connectivity index (χ1n) is 9.17. The molecule has 1 fully saturated rings. The number of hydrogen-bond acceptors (Lipinski definition) is 7. The Morgan fingerprint density at radius 3 is 2.62 bits per heavy atom. The zero-order valence-electron chi connectivity index (χ0n) is 16.0. The first-order valence-corrected chi connectivity index (χ1v) is 13.6. The number of pyridine rings is 1. The zero-order chi connectivity index (χ0) is 20.6. The molecule has 0 radical (unpaired) electrons. The highest BCUT2D eigenvalue weighted by molar-refractivity contribution is 8.20. The number of hydrogen-bond donors (Lipinski definition) is 2. The number of hydrazine groups is 1. The first kappa shape index (κ1) is 21.4. The standard InChI is InChI=1S/C19H20ClN3O2S4/c1-10-5-6-12(15(20)21-10)16(24)22-23-17(25)14-11-4-3-7-19(27-8-9-28-19)13(11)18(26-2)29-14/h5-6H,3-4,7-9H2,1-2H3,(H,22,24)(H,23,25). The van der Waals surface area contributed by atoms with Crippen molar-refractivity contribution < 1.29 is 9.59 Å². The van der Waals surface area contributed by atoms with Crippen LogP contribution >= 0.6 is 58.2 Å². The second-order valence-electron chi connectivity index (χ2n) is 6.78. The third kappa shape index (κ3) is 4.04. The maximum Gasteiger partial charge on any atom is 0.280 e. The molecule has 1 aliphatic heterocycles. The topological polar surface area (TPSA) is 71.1 Å². The smallest absolute Gasteiger partial charge is 0.267 e. The van der Waals surface area contributed by atoms with Gasteiger partial charge in [0.15, 0.2) is 0 Å². The predicted molar refractivity (Wildman–Crippen MR) is 125 cm³/mol. The van der Waals surface area contributed by atoms with Crippen molar-refractivity contribution in [1.29, 1.82) is 0 Å². The molecule has 1 aliphatic carbocycles. The molecule has 2 N–H and O–H groups in total. The summed E-state index contributed by atoms with van der Waals surface area (Å²) in [5.41, 5.74) is 8.49. The summed E-state index contributed by atoms with van der Waals surface area (Å²) in [4.78, 5) is 30.1. The minimum atomic E-state index is -0.482. The number of nitrogens with zero attached hydrogens (tertiary/aromatic N) is 1. The molecule has 0 bridgehead atoms. The molecule has 2 aromatic rings. The van der Waals surface area contributed by atoms with Crippen LogP contribution < -0.4 is 10.9 Å². The minimum absolute atomic E-state index is 0.0886. The summed E-state index contributed by atoms with van der Waals surface area (Å²) in [5.74, 6) is 1.54. The molecule has 0 atom stereocenters. The van der Waals surface area contributed by atoms with Crippen molar-refractivity contribution in [3.63, 3.8) is 0 Å². The number of carbonyl (C=O) groups excluding carboxylic acids is 2. The molecule has 1 spiro atoms. The fourth-order valence-electron chi connectivity index (χ4n) is 3.69. The summed E-state index contributed by atoms with van der Waals surface area (Å²) in [7, 11) is 0. The number of aromatic nitrogens is 1. The van der Waals surface area contributed by atoms with E-state index in [9.17, 15) is 9.59 Å². The van der Waals surface area contributed by atoms with Crippen LogP contribution in [0.4, 0.5) is 0 Å². The van der Waals surface area contributed by atoms with E-state index in [0.29, 0.717) is 4.88 Å². The van der Waals surface area contributed by atoms with E-state index in [0.717, 1.165) is 42.0 Å². The second kappa shape index (κ2) is 8.70. The highest BCUT2D eigenvalue weighted by atomic mass is 35.5. The minimum Gasteiger partial charge on any atom is -0.267 e. The van der Waals surface area contributed by atoms with Gasteiger partial charge < -0.3 is 0 Å². The Morgan fingerprint density at radius 1 is 1.21 bits per heavy atom. The Kier molecular flexibility index (Phi) is 6.41. The molecule has 2 amide bonds. The van der Waals surface area contributed by atoms with E-state index in [1.807, 2.05) is 23.5 Å². The summed E-state index contributed by atoms with van der Waals surface area (Å²) >= 11 is 13.3. The van der Waals surface area contributed by atoms with Gasteiger partial charge in [-0.25, -0.2) is 4.98 Å². The summed E-state index contributed by atoms with van der Waals surface area (Å²) in [6, 6.07) is 3.31. The molecule has 0 saturated carbocycles. The average Bonchev–Trinajstić information content (AvgIpc) is 3.32. The van der Waals surface area contributed by atoms with Crippen molar-refractivity contribution in [1.82, 2.24) is 15.8 Å². The van der Waals surface area contributed by atoms with Crippen molar-refractivity contribution in [2.75, 3.05) is 17.8 Å². The number of thioether (sulfide) groups is 3. The van der Waals surface area contributed by atoms with Crippen molar-refractivity contribution in [3.8, 4) is 0 Å². The summed E-state index contributed by atoms with van der Waals surface area (Å²) in [6.07, 6.45) is 5.19. The highest BCUT2D eigenvalue weighted by Gasteiger charge is 2.45. The second-order valence-corrected chi connectivity index (χ2v) is 12.3. The molecule has 29 heavy (non-hydrogen) atoms. The van der Waals surface area contributed by atoms with Crippen LogP contribution in [0.1, 0.15) is 49.7 Å². The van der Waals surface area contributed by atoms with E-state index in [1.54, 1.807) is 30.8 Å². The molecule has 2 aliphatic rings. The Balaban J connectivity index is 1.55. The van der Waals surface area contributed by atoms with Crippen LogP contribution in [0, 0.1) is 6.92 Å². The highest BCUT2D eigenvalue weighted by Crippen LogP contribution is 2.61. The van der Waals surface area contributed by atoms with E-state index >= 15 is 0 Å². The average molecular weight is 486 g/mol. The van der Waals surface area contributed by atoms with Crippen LogP contribution in [0.3, 0.4) is 0 Å². The van der Waals surface area contributed by atoms with Crippen LogP contribution in [-0.4, -0.2) is 34.6 Å². The lowest BCUT2D eigenvalue weighted by molar-refractivity contribution is 0.0848. The Bertz CT molecular complexity index is 973. The number of fused-ring (bicyclic) bond motifs is 2. The van der Waals surface area contributed by atoms with Gasteiger partial charge in [0.1, 0.15) is 5.15 Å². The van der Waals surface area contributed by atoms with Gasteiger partial charge in [0.2, 0.25) is 0 Å². The molecular weight excluding hydrogens is 466 g/mol. The molecule has 154 valence electrons.